The molecule has 0 spiro atoms. The van der Waals surface area contributed by atoms with Crippen LogP contribution in [0.2, 0.25) is 0 Å². The fraction of sp³-hybridized carbons (Fsp3) is 1.00. The van der Waals surface area contributed by atoms with E-state index >= 15 is 0 Å². The molecule has 0 unspecified atom stereocenters. The van der Waals surface area contributed by atoms with Crippen LogP contribution in [0, 0.1) is 0 Å². The van der Waals surface area contributed by atoms with Crippen molar-refractivity contribution >= 4 is 0 Å². The summed E-state index contributed by atoms with van der Waals surface area (Å²) in [5.41, 5.74) is 0. The second-order valence-corrected chi connectivity index (χ2v) is 1.59. The molecule has 0 atom stereocenters. The summed E-state index contributed by atoms with van der Waals surface area (Å²) in [6, 6.07) is 0. The molecule has 0 aromatic heterocycles. The molecule has 5 N–H and O–H groups in total. The van der Waals surface area contributed by atoms with Crippen LogP contribution in [0.1, 0.15) is 13.8 Å². The highest BCUT2D eigenvalue weighted by Gasteiger charge is 1.69. The Bertz CT molecular complexity index is 21.6. The largest absolute Gasteiger partial charge is 0.394 e. The van der Waals surface area contributed by atoms with E-state index in [1.165, 1.54) is 0 Å². The van der Waals surface area contributed by atoms with Crippen molar-refractivity contribution in [2.75, 3.05) is 14.1 Å². The maximum absolute atomic E-state index is 8.06. The minimum atomic E-state index is -0.167. The van der Waals surface area contributed by atoms with Gasteiger partial charge in [0.1, 0.15) is 0 Å². The number of rotatable bonds is 0. The number of aliphatic hydroxyl groups excluding tert-OH is 1. The first-order valence-corrected chi connectivity index (χ1v) is 2.41. The lowest BCUT2D eigenvalue weighted by molar-refractivity contribution is 0.216. The van der Waals surface area contributed by atoms with Crippen LogP contribution in [0.3, 0.4) is 0 Å². The smallest absolute Gasteiger partial charge is 0.0483 e. The summed E-state index contributed by atoms with van der Waals surface area (Å²) in [5, 5.41) is 10.8. The first-order valence-electron chi connectivity index (χ1n) is 2.41. The lowest BCUT2D eigenvalue weighted by Crippen LogP contribution is -1.89. The zero-order valence-electron chi connectivity index (χ0n) is 6.23. The minimum absolute atomic E-state index is 0. The molecule has 54 valence electrons. The van der Waals surface area contributed by atoms with Crippen molar-refractivity contribution in [3.05, 3.63) is 0 Å². The number of hydrogen-bond donors (Lipinski definition) is 3. The number of hydrogen-bond acceptors (Lipinski definition) is 3. The molecule has 3 nitrogen and oxygen atoms in total. The number of nitrogens with one attached hydrogen (secondary N) is 1. The molecule has 0 saturated heterocycles. The molecule has 3 heteroatoms. The van der Waals surface area contributed by atoms with E-state index in [0.29, 0.717) is 0 Å². The Balaban J connectivity index is -0.0000000575. The number of aliphatic hydroxyl groups is 1. The first kappa shape index (κ1) is 15.7. The average molecular weight is 122 g/mol. The molecule has 0 fully saturated rings. The Kier molecular flexibility index (Phi) is 30.9. The van der Waals surface area contributed by atoms with Gasteiger partial charge in [-0.25, -0.2) is 0 Å². The Morgan fingerprint density at radius 3 is 1.25 bits per heavy atom. The summed E-state index contributed by atoms with van der Waals surface area (Å²) in [6.07, 6.45) is -0.167. The van der Waals surface area contributed by atoms with Crippen molar-refractivity contribution in [3.8, 4) is 0 Å². The zero-order valence-corrected chi connectivity index (χ0v) is 6.23. The van der Waals surface area contributed by atoms with Crippen molar-refractivity contribution in [1.82, 2.24) is 11.5 Å². The van der Waals surface area contributed by atoms with Crippen LogP contribution in [-0.4, -0.2) is 25.3 Å². The van der Waals surface area contributed by atoms with Crippen LogP contribution in [-0.2, 0) is 0 Å². The molecule has 8 heavy (non-hydrogen) atoms. The SMILES string of the molecule is CC(C)O.CNC.N. The molecule has 0 heterocycles. The van der Waals surface area contributed by atoms with Gasteiger partial charge in [0.2, 0.25) is 0 Å². The summed E-state index contributed by atoms with van der Waals surface area (Å²) in [6.45, 7) is 3.44. The van der Waals surface area contributed by atoms with Gasteiger partial charge in [0.25, 0.3) is 0 Å². The van der Waals surface area contributed by atoms with Crippen LogP contribution in [0.4, 0.5) is 0 Å². The van der Waals surface area contributed by atoms with E-state index in [2.05, 4.69) is 5.32 Å². The van der Waals surface area contributed by atoms with E-state index in [1.54, 1.807) is 13.8 Å². The van der Waals surface area contributed by atoms with E-state index < -0.39 is 0 Å². The van der Waals surface area contributed by atoms with Gasteiger partial charge in [0, 0.05) is 6.10 Å². The van der Waals surface area contributed by atoms with Crippen molar-refractivity contribution in [2.24, 2.45) is 0 Å². The second-order valence-electron chi connectivity index (χ2n) is 1.59. The average Bonchev–Trinajstić information content (AvgIpc) is 1.33. The van der Waals surface area contributed by atoms with Gasteiger partial charge in [-0.05, 0) is 27.9 Å². The minimum Gasteiger partial charge on any atom is -0.394 e. The molecule has 0 aromatic rings. The fourth-order valence-corrected chi connectivity index (χ4v) is 0. The molecular formula is C5H18N2O. The Labute approximate surface area is 51.7 Å². The highest BCUT2D eigenvalue weighted by atomic mass is 16.3. The molecule has 0 rings (SSSR count). The lowest BCUT2D eigenvalue weighted by Gasteiger charge is -1.80. The second kappa shape index (κ2) is 15.8. The molecule has 0 saturated carbocycles. The van der Waals surface area contributed by atoms with Crippen molar-refractivity contribution in [3.63, 3.8) is 0 Å². The first-order chi connectivity index (χ1) is 3.15. The van der Waals surface area contributed by atoms with E-state index in [4.69, 9.17) is 5.11 Å². The van der Waals surface area contributed by atoms with Gasteiger partial charge < -0.3 is 16.6 Å². The van der Waals surface area contributed by atoms with E-state index in [-0.39, 0.29) is 12.3 Å². The van der Waals surface area contributed by atoms with Gasteiger partial charge >= 0.3 is 0 Å². The fourth-order valence-electron chi connectivity index (χ4n) is 0. The summed E-state index contributed by atoms with van der Waals surface area (Å²) < 4.78 is 0. The molecule has 0 aliphatic heterocycles. The Morgan fingerprint density at radius 1 is 1.25 bits per heavy atom. The van der Waals surface area contributed by atoms with Crippen LogP contribution >= 0.6 is 0 Å². The van der Waals surface area contributed by atoms with Gasteiger partial charge in [-0.2, -0.15) is 0 Å². The highest BCUT2D eigenvalue weighted by molar-refractivity contribution is 4.20. The molecule has 0 amide bonds. The Hall–Kier alpha value is -0.120. The topological polar surface area (TPSA) is 67.3 Å². The van der Waals surface area contributed by atoms with E-state index in [0.717, 1.165) is 0 Å². The molecule has 0 radical (unpaired) electrons. The predicted molar refractivity (Wildman–Crippen MR) is 37.4 cm³/mol. The molecule has 0 aliphatic carbocycles. The van der Waals surface area contributed by atoms with Gasteiger partial charge in [-0.15, -0.1) is 0 Å². The van der Waals surface area contributed by atoms with Crippen LogP contribution in [0.15, 0.2) is 0 Å². The monoisotopic (exact) mass is 122 g/mol. The maximum Gasteiger partial charge on any atom is 0.0483 e. The summed E-state index contributed by atoms with van der Waals surface area (Å²) in [7, 11) is 3.75. The Morgan fingerprint density at radius 2 is 1.25 bits per heavy atom. The van der Waals surface area contributed by atoms with E-state index in [1.807, 2.05) is 14.1 Å². The molecular weight excluding hydrogens is 104 g/mol. The van der Waals surface area contributed by atoms with Crippen molar-refractivity contribution in [2.45, 2.75) is 20.0 Å². The standard InChI is InChI=1S/C3H8O.C2H7N.H3N/c1-3(2)4;1-3-2;/h3-4H,1-2H3;3H,1-2H3;1H3. The lowest BCUT2D eigenvalue weighted by atomic mass is 10.5. The molecule has 0 aromatic carbocycles. The highest BCUT2D eigenvalue weighted by Crippen LogP contribution is 1.65. The molecule has 0 bridgehead atoms. The van der Waals surface area contributed by atoms with Gasteiger partial charge in [-0.1, -0.05) is 0 Å². The van der Waals surface area contributed by atoms with Crippen LogP contribution < -0.4 is 11.5 Å². The van der Waals surface area contributed by atoms with Crippen LogP contribution in [0.25, 0.3) is 0 Å². The van der Waals surface area contributed by atoms with Gasteiger partial charge in [0.15, 0.2) is 0 Å². The third-order valence-electron chi connectivity index (χ3n) is 0. The normalized spacial score (nSPS) is 6.75. The van der Waals surface area contributed by atoms with Crippen molar-refractivity contribution in [1.29, 1.82) is 0 Å². The quantitative estimate of drug-likeness (QED) is 0.435. The van der Waals surface area contributed by atoms with E-state index in [9.17, 15) is 0 Å². The maximum atomic E-state index is 8.06. The third kappa shape index (κ3) is 9720. The molecule has 0 aliphatic rings. The summed E-state index contributed by atoms with van der Waals surface area (Å²) in [4.78, 5) is 0. The zero-order chi connectivity index (χ0) is 6.28. The van der Waals surface area contributed by atoms with Gasteiger partial charge in [-0.3, -0.25) is 0 Å². The van der Waals surface area contributed by atoms with Crippen LogP contribution in [0.5, 0.6) is 0 Å². The van der Waals surface area contributed by atoms with Gasteiger partial charge in [0.05, 0.1) is 0 Å². The van der Waals surface area contributed by atoms with Crippen molar-refractivity contribution < 1.29 is 5.11 Å². The third-order valence-corrected chi connectivity index (χ3v) is 0. The summed E-state index contributed by atoms with van der Waals surface area (Å²) in [5.74, 6) is 0. The predicted octanol–water partition coefficient (Wildman–Crippen LogP) is 0.385. The summed E-state index contributed by atoms with van der Waals surface area (Å²) >= 11 is 0.